The Morgan fingerprint density at radius 1 is 1.35 bits per heavy atom. The van der Waals surface area contributed by atoms with Crippen molar-refractivity contribution in [3.05, 3.63) is 23.5 Å². The molecule has 0 saturated heterocycles. The number of nitrogens with two attached hydrogens (primary N) is 1. The molecule has 0 aliphatic heterocycles. The molecule has 1 amide bonds. The second kappa shape index (κ2) is 8.47. The van der Waals surface area contributed by atoms with Gasteiger partial charge >= 0.3 is 0 Å². The van der Waals surface area contributed by atoms with Gasteiger partial charge in [-0.05, 0) is 25.8 Å². The van der Waals surface area contributed by atoms with E-state index in [1.165, 1.54) is 0 Å². The molecule has 130 valence electrons. The third kappa shape index (κ3) is 4.56. The molecule has 8 heteroatoms. The predicted molar refractivity (Wildman–Crippen MR) is 97.6 cm³/mol. The highest BCUT2D eigenvalue weighted by Crippen LogP contribution is 2.16. The highest BCUT2D eigenvalue weighted by Gasteiger charge is 2.21. The van der Waals surface area contributed by atoms with Gasteiger partial charge in [-0.15, -0.1) is 24.8 Å². The van der Waals surface area contributed by atoms with Crippen LogP contribution in [0.15, 0.2) is 12.3 Å². The summed E-state index contributed by atoms with van der Waals surface area (Å²) in [5.41, 5.74) is 8.03. The molecule has 0 radical (unpaired) electrons. The summed E-state index contributed by atoms with van der Waals surface area (Å²) >= 11 is 0. The van der Waals surface area contributed by atoms with Gasteiger partial charge in [0.15, 0.2) is 5.65 Å². The van der Waals surface area contributed by atoms with Gasteiger partial charge in [-0.1, -0.05) is 13.8 Å². The number of nitrogens with one attached hydrogen (secondary N) is 1. The van der Waals surface area contributed by atoms with Gasteiger partial charge in [0.2, 0.25) is 0 Å². The van der Waals surface area contributed by atoms with Crippen LogP contribution in [0.1, 0.15) is 42.7 Å². The molecule has 0 atom stereocenters. The van der Waals surface area contributed by atoms with Crippen LogP contribution in [0.25, 0.3) is 11.0 Å². The second-order valence-corrected chi connectivity index (χ2v) is 5.56. The van der Waals surface area contributed by atoms with E-state index in [0.29, 0.717) is 12.1 Å². The Hall–Kier alpha value is -1.37. The van der Waals surface area contributed by atoms with Gasteiger partial charge in [-0.3, -0.25) is 9.48 Å². The Bertz CT molecular complexity index is 667. The Morgan fingerprint density at radius 2 is 1.96 bits per heavy atom. The molecule has 2 rings (SSSR count). The number of pyridine rings is 1. The van der Waals surface area contributed by atoms with Crippen molar-refractivity contribution < 1.29 is 4.79 Å². The van der Waals surface area contributed by atoms with Gasteiger partial charge in [-0.25, -0.2) is 4.98 Å². The molecule has 0 spiro atoms. The first-order valence-corrected chi connectivity index (χ1v) is 7.26. The summed E-state index contributed by atoms with van der Waals surface area (Å²) in [6, 6.07) is 1.83. The van der Waals surface area contributed by atoms with Gasteiger partial charge in [0.25, 0.3) is 5.91 Å². The Labute approximate surface area is 149 Å². The van der Waals surface area contributed by atoms with Crippen LogP contribution in [0, 0.1) is 6.92 Å². The molecule has 2 heterocycles. The van der Waals surface area contributed by atoms with Crippen LogP contribution in [0.2, 0.25) is 0 Å². The fourth-order valence-corrected chi connectivity index (χ4v) is 2.29. The number of rotatable bonds is 5. The first-order valence-electron chi connectivity index (χ1n) is 7.26. The number of carbonyl (C=O) groups excluding carboxylic acids is 1. The maximum absolute atomic E-state index is 12.3. The van der Waals surface area contributed by atoms with Crippen molar-refractivity contribution in [1.29, 1.82) is 0 Å². The molecule has 0 fully saturated rings. The van der Waals surface area contributed by atoms with E-state index in [1.807, 2.05) is 33.9 Å². The summed E-state index contributed by atoms with van der Waals surface area (Å²) < 4.78 is 1.71. The topological polar surface area (TPSA) is 85.8 Å². The molecule has 23 heavy (non-hydrogen) atoms. The van der Waals surface area contributed by atoms with Gasteiger partial charge in [0.05, 0.1) is 11.3 Å². The number of aryl methyl sites for hydroxylation is 2. The summed E-state index contributed by atoms with van der Waals surface area (Å²) in [6.07, 6.45) is 3.22. The smallest absolute Gasteiger partial charge is 0.252 e. The van der Waals surface area contributed by atoms with Crippen molar-refractivity contribution in [2.45, 2.75) is 39.2 Å². The van der Waals surface area contributed by atoms with Gasteiger partial charge in [0, 0.05) is 30.7 Å². The molecule has 0 bridgehead atoms. The summed E-state index contributed by atoms with van der Waals surface area (Å²) in [6.45, 7) is 6.43. The van der Waals surface area contributed by atoms with Crippen molar-refractivity contribution in [3.8, 4) is 0 Å². The van der Waals surface area contributed by atoms with Crippen LogP contribution in [-0.4, -0.2) is 32.8 Å². The zero-order chi connectivity index (χ0) is 15.6. The summed E-state index contributed by atoms with van der Waals surface area (Å²) in [4.78, 5) is 16.6. The largest absolute Gasteiger partial charge is 0.350 e. The molecule has 2 aromatic heterocycles. The number of fused-ring (bicyclic) bond motifs is 1. The van der Waals surface area contributed by atoms with Crippen molar-refractivity contribution in [3.63, 3.8) is 0 Å². The van der Waals surface area contributed by atoms with E-state index in [0.717, 1.165) is 29.6 Å². The Kier molecular flexibility index (Phi) is 7.97. The van der Waals surface area contributed by atoms with Crippen molar-refractivity contribution >= 4 is 41.8 Å². The number of carbonyl (C=O) groups is 1. The number of hydrogen-bond donors (Lipinski definition) is 2. The lowest BCUT2D eigenvalue weighted by Gasteiger charge is -2.26. The quantitative estimate of drug-likeness (QED) is 0.855. The minimum atomic E-state index is -0.350. The minimum Gasteiger partial charge on any atom is -0.350 e. The number of nitrogens with zero attached hydrogens (tertiary/aromatic N) is 3. The van der Waals surface area contributed by atoms with Crippen LogP contribution in [0.4, 0.5) is 0 Å². The van der Waals surface area contributed by atoms with Crippen molar-refractivity contribution in [2.75, 3.05) is 6.54 Å². The first kappa shape index (κ1) is 21.6. The lowest BCUT2D eigenvalue weighted by molar-refractivity contribution is 0.0942. The number of aromatic nitrogens is 3. The van der Waals surface area contributed by atoms with E-state index in [4.69, 9.17) is 5.73 Å². The molecular formula is C15H25Cl2N5O. The van der Waals surface area contributed by atoms with Gasteiger partial charge < -0.3 is 11.1 Å². The van der Waals surface area contributed by atoms with Crippen LogP contribution < -0.4 is 11.1 Å². The van der Waals surface area contributed by atoms with Crippen LogP contribution in [-0.2, 0) is 7.05 Å². The number of halogens is 2. The van der Waals surface area contributed by atoms with Crippen LogP contribution >= 0.6 is 24.8 Å². The maximum atomic E-state index is 12.3. The molecule has 0 aliphatic carbocycles. The fraction of sp³-hybridized carbons (Fsp3) is 0.533. The molecular weight excluding hydrogens is 337 g/mol. The monoisotopic (exact) mass is 361 g/mol. The normalized spacial score (nSPS) is 10.8. The Balaban J connectivity index is 0.00000242. The van der Waals surface area contributed by atoms with Crippen molar-refractivity contribution in [1.82, 2.24) is 20.1 Å². The van der Waals surface area contributed by atoms with Gasteiger partial charge in [0.1, 0.15) is 0 Å². The van der Waals surface area contributed by atoms with E-state index < -0.39 is 0 Å². The zero-order valence-electron chi connectivity index (χ0n) is 13.9. The molecule has 2 aromatic rings. The molecule has 0 aromatic carbocycles. The number of amides is 1. The maximum Gasteiger partial charge on any atom is 0.252 e. The molecule has 0 saturated carbocycles. The Morgan fingerprint density at radius 3 is 2.52 bits per heavy atom. The van der Waals surface area contributed by atoms with Crippen LogP contribution in [0.3, 0.4) is 0 Å². The third-order valence-electron chi connectivity index (χ3n) is 4.13. The third-order valence-corrected chi connectivity index (χ3v) is 4.13. The van der Waals surface area contributed by atoms with Crippen LogP contribution in [0.5, 0.6) is 0 Å². The molecule has 3 N–H and O–H groups in total. The highest BCUT2D eigenvalue weighted by molar-refractivity contribution is 5.97. The molecule has 0 unspecified atom stereocenters. The van der Waals surface area contributed by atoms with E-state index >= 15 is 0 Å². The first-order chi connectivity index (χ1) is 9.90. The average Bonchev–Trinajstić information content (AvgIpc) is 2.79. The highest BCUT2D eigenvalue weighted by atomic mass is 35.5. The van der Waals surface area contributed by atoms with E-state index in [-0.39, 0.29) is 36.3 Å². The van der Waals surface area contributed by atoms with E-state index in [9.17, 15) is 4.79 Å². The standard InChI is InChI=1S/C15H23N5O.2ClH/c1-5-15(16,6-2)9-18-14(21)11-7-12-10(3)19-20(4)13(12)17-8-11;;/h7-8H,5-6,9,16H2,1-4H3,(H,18,21);2*1H. The SMILES string of the molecule is CCC(N)(CC)CNC(=O)c1cnc2c(c1)c(C)nn2C.Cl.Cl. The second-order valence-electron chi connectivity index (χ2n) is 5.56. The fourth-order valence-electron chi connectivity index (χ4n) is 2.29. The summed E-state index contributed by atoms with van der Waals surface area (Å²) in [5.74, 6) is -0.149. The van der Waals surface area contributed by atoms with Crippen molar-refractivity contribution in [2.24, 2.45) is 12.8 Å². The lowest BCUT2D eigenvalue weighted by Crippen LogP contribution is -2.49. The molecule has 0 aliphatic rings. The minimum absolute atomic E-state index is 0. The predicted octanol–water partition coefficient (Wildman–Crippen LogP) is 2.37. The zero-order valence-corrected chi connectivity index (χ0v) is 15.6. The van der Waals surface area contributed by atoms with E-state index in [1.54, 1.807) is 10.9 Å². The number of hydrogen-bond acceptors (Lipinski definition) is 4. The lowest BCUT2D eigenvalue weighted by atomic mass is 9.94. The van der Waals surface area contributed by atoms with E-state index in [2.05, 4.69) is 15.4 Å². The van der Waals surface area contributed by atoms with Gasteiger partial charge in [-0.2, -0.15) is 5.10 Å². The summed E-state index contributed by atoms with van der Waals surface area (Å²) in [7, 11) is 1.84. The molecule has 6 nitrogen and oxygen atoms in total. The average molecular weight is 362 g/mol. The summed E-state index contributed by atoms with van der Waals surface area (Å²) in [5, 5.41) is 8.10.